The molecule has 1 aromatic carbocycles. The molecule has 0 bridgehead atoms. The van der Waals surface area contributed by atoms with Crippen LogP contribution < -0.4 is 10.6 Å². The van der Waals surface area contributed by atoms with Crippen molar-refractivity contribution in [3.05, 3.63) is 42.2 Å². The van der Waals surface area contributed by atoms with Gasteiger partial charge in [-0.25, -0.2) is 14.6 Å². The molecule has 3 aromatic rings. The molecule has 2 aromatic heterocycles. The lowest BCUT2D eigenvalue weighted by molar-refractivity contribution is 0.0528. The van der Waals surface area contributed by atoms with Gasteiger partial charge in [-0.2, -0.15) is 0 Å². The number of pyridine rings is 2. The highest BCUT2D eigenvalue weighted by molar-refractivity contribution is 6.10. The number of methoxy groups -OCH3 is 1. The first kappa shape index (κ1) is 20.3. The maximum Gasteiger partial charge on any atom is 0.407 e. The van der Waals surface area contributed by atoms with E-state index in [0.29, 0.717) is 30.0 Å². The third kappa shape index (κ3) is 4.90. The van der Waals surface area contributed by atoms with Crippen LogP contribution in [0.2, 0.25) is 0 Å². The van der Waals surface area contributed by atoms with Crippen molar-refractivity contribution in [2.24, 2.45) is 0 Å². The highest BCUT2D eigenvalue weighted by Crippen LogP contribution is 2.29. The number of nitrogens with one attached hydrogen (secondary N) is 2. The van der Waals surface area contributed by atoms with Crippen LogP contribution in [0.3, 0.4) is 0 Å². The van der Waals surface area contributed by atoms with Crippen molar-refractivity contribution >= 4 is 39.6 Å². The van der Waals surface area contributed by atoms with E-state index < -0.39 is 17.7 Å². The van der Waals surface area contributed by atoms with Crippen molar-refractivity contribution in [2.75, 3.05) is 25.5 Å². The molecule has 3 rings (SSSR count). The third-order valence-electron chi connectivity index (χ3n) is 4.10. The Hall–Kier alpha value is -3.42. The number of esters is 1. The molecule has 29 heavy (non-hydrogen) atoms. The lowest BCUT2D eigenvalue weighted by Gasteiger charge is -2.19. The first-order valence-electron chi connectivity index (χ1n) is 9.25. The summed E-state index contributed by atoms with van der Waals surface area (Å²) in [5.74, 6) is 0.221. The van der Waals surface area contributed by atoms with Crippen LogP contribution in [0.5, 0.6) is 0 Å². The molecule has 0 aliphatic carbocycles. The van der Waals surface area contributed by atoms with E-state index in [-0.39, 0.29) is 0 Å². The summed E-state index contributed by atoms with van der Waals surface area (Å²) in [7, 11) is 1.34. The van der Waals surface area contributed by atoms with Crippen LogP contribution in [0.25, 0.3) is 21.7 Å². The van der Waals surface area contributed by atoms with Crippen LogP contribution in [0, 0.1) is 0 Å². The molecule has 2 N–H and O–H groups in total. The first-order chi connectivity index (χ1) is 13.8. The fraction of sp³-hybridized carbons (Fsp3) is 0.333. The van der Waals surface area contributed by atoms with Crippen molar-refractivity contribution in [2.45, 2.75) is 26.4 Å². The summed E-state index contributed by atoms with van der Waals surface area (Å²) in [6.07, 6.45) is 2.99. The van der Waals surface area contributed by atoms with Gasteiger partial charge in [-0.1, -0.05) is 6.07 Å². The second-order valence-corrected chi connectivity index (χ2v) is 7.46. The number of benzene rings is 1. The van der Waals surface area contributed by atoms with E-state index in [1.807, 2.05) is 32.9 Å². The minimum absolute atomic E-state index is 0.364. The Morgan fingerprint density at radius 2 is 1.86 bits per heavy atom. The fourth-order valence-corrected chi connectivity index (χ4v) is 2.89. The Kier molecular flexibility index (Phi) is 5.81. The van der Waals surface area contributed by atoms with E-state index in [2.05, 4.69) is 20.6 Å². The van der Waals surface area contributed by atoms with Gasteiger partial charge in [-0.15, -0.1) is 0 Å². The molecular formula is C21H24N4O4. The van der Waals surface area contributed by atoms with E-state index in [9.17, 15) is 9.59 Å². The van der Waals surface area contributed by atoms with E-state index in [4.69, 9.17) is 9.47 Å². The molecule has 152 valence electrons. The van der Waals surface area contributed by atoms with Gasteiger partial charge >= 0.3 is 12.1 Å². The molecule has 2 heterocycles. The van der Waals surface area contributed by atoms with Crippen LogP contribution in [0.4, 0.5) is 10.6 Å². The van der Waals surface area contributed by atoms with Crippen LogP contribution in [0.15, 0.2) is 36.7 Å². The molecular weight excluding hydrogens is 372 g/mol. The molecule has 0 atom stereocenters. The van der Waals surface area contributed by atoms with Crippen molar-refractivity contribution in [3.8, 4) is 0 Å². The predicted molar refractivity (Wildman–Crippen MR) is 111 cm³/mol. The number of aromatic nitrogens is 2. The maximum absolute atomic E-state index is 11.8. The van der Waals surface area contributed by atoms with Crippen LogP contribution in [-0.4, -0.2) is 47.8 Å². The zero-order valence-electron chi connectivity index (χ0n) is 16.9. The Morgan fingerprint density at radius 3 is 2.59 bits per heavy atom. The minimum Gasteiger partial charge on any atom is -0.465 e. The SMILES string of the molecule is COC(=O)c1ccc2c(c1)nc(NCCNC(=O)OC(C)(C)C)c1ccncc12. The fourth-order valence-electron chi connectivity index (χ4n) is 2.89. The molecule has 0 spiro atoms. The van der Waals surface area contributed by atoms with Crippen LogP contribution in [-0.2, 0) is 9.47 Å². The normalized spacial score (nSPS) is 11.3. The molecule has 0 aliphatic heterocycles. The van der Waals surface area contributed by atoms with E-state index in [1.54, 1.807) is 24.5 Å². The zero-order valence-corrected chi connectivity index (χ0v) is 16.9. The first-order valence-corrected chi connectivity index (χ1v) is 9.25. The van der Waals surface area contributed by atoms with Crippen LogP contribution >= 0.6 is 0 Å². The van der Waals surface area contributed by atoms with Crippen molar-refractivity contribution in [1.29, 1.82) is 0 Å². The highest BCUT2D eigenvalue weighted by atomic mass is 16.6. The second-order valence-electron chi connectivity index (χ2n) is 7.46. The molecule has 0 fully saturated rings. The molecule has 8 heteroatoms. The number of ether oxygens (including phenoxy) is 2. The van der Waals surface area contributed by atoms with E-state index in [1.165, 1.54) is 7.11 Å². The van der Waals surface area contributed by atoms with Gasteiger partial charge in [0.2, 0.25) is 0 Å². The Bertz CT molecular complexity index is 1060. The monoisotopic (exact) mass is 396 g/mol. The third-order valence-corrected chi connectivity index (χ3v) is 4.10. The summed E-state index contributed by atoms with van der Waals surface area (Å²) in [4.78, 5) is 32.5. The Balaban J connectivity index is 1.82. The number of anilines is 1. The highest BCUT2D eigenvalue weighted by Gasteiger charge is 2.16. The topological polar surface area (TPSA) is 102 Å². The van der Waals surface area contributed by atoms with Gasteiger partial charge in [0.1, 0.15) is 11.4 Å². The van der Waals surface area contributed by atoms with Gasteiger partial charge in [0.15, 0.2) is 0 Å². The summed E-state index contributed by atoms with van der Waals surface area (Å²) in [5.41, 5.74) is 0.530. The quantitative estimate of drug-likeness (QED) is 0.386. The van der Waals surface area contributed by atoms with Crippen molar-refractivity contribution in [3.63, 3.8) is 0 Å². The number of alkyl carbamates (subject to hydrolysis) is 1. The zero-order chi connectivity index (χ0) is 21.0. The molecule has 0 saturated carbocycles. The molecule has 0 radical (unpaired) electrons. The van der Waals surface area contributed by atoms with Gasteiger partial charge in [0.25, 0.3) is 0 Å². The van der Waals surface area contributed by atoms with E-state index in [0.717, 1.165) is 16.2 Å². The minimum atomic E-state index is -0.544. The largest absolute Gasteiger partial charge is 0.465 e. The number of hydrogen-bond donors (Lipinski definition) is 2. The molecule has 1 amide bonds. The average Bonchev–Trinajstić information content (AvgIpc) is 2.68. The maximum atomic E-state index is 11.8. The summed E-state index contributed by atoms with van der Waals surface area (Å²) < 4.78 is 10.0. The second kappa shape index (κ2) is 8.30. The number of rotatable bonds is 5. The lowest BCUT2D eigenvalue weighted by atomic mass is 10.1. The average molecular weight is 396 g/mol. The van der Waals surface area contributed by atoms with Gasteiger partial charge in [-0.05, 0) is 39.0 Å². The lowest BCUT2D eigenvalue weighted by Crippen LogP contribution is -2.35. The molecule has 8 nitrogen and oxygen atoms in total. The standard InChI is InChI=1S/C21H24N4O4/c1-21(2,3)29-20(27)24-10-9-23-18-15-7-8-22-12-16(15)14-6-5-13(19(26)28-4)11-17(14)25-18/h5-8,11-12H,9-10H2,1-4H3,(H,23,25)(H,24,27). The number of nitrogens with zero attached hydrogens (tertiary/aromatic N) is 2. The molecule has 0 aliphatic rings. The number of carbonyl (C=O) groups is 2. The number of fused-ring (bicyclic) bond motifs is 3. The van der Waals surface area contributed by atoms with Gasteiger partial charge in [0, 0.05) is 41.6 Å². The predicted octanol–water partition coefficient (Wildman–Crippen LogP) is 3.51. The Labute approximate surface area is 168 Å². The van der Waals surface area contributed by atoms with Gasteiger partial charge < -0.3 is 20.1 Å². The number of carbonyl (C=O) groups excluding carboxylic acids is 2. The van der Waals surface area contributed by atoms with Crippen molar-refractivity contribution in [1.82, 2.24) is 15.3 Å². The summed E-state index contributed by atoms with van der Waals surface area (Å²) in [6.45, 7) is 6.25. The number of hydrogen-bond acceptors (Lipinski definition) is 7. The summed E-state index contributed by atoms with van der Waals surface area (Å²) >= 11 is 0. The van der Waals surface area contributed by atoms with E-state index >= 15 is 0 Å². The molecule has 0 saturated heterocycles. The smallest absolute Gasteiger partial charge is 0.407 e. The summed E-state index contributed by atoms with van der Waals surface area (Å²) in [6, 6.07) is 7.12. The number of amides is 1. The van der Waals surface area contributed by atoms with Gasteiger partial charge in [0.05, 0.1) is 18.2 Å². The van der Waals surface area contributed by atoms with Crippen molar-refractivity contribution < 1.29 is 19.1 Å². The Morgan fingerprint density at radius 1 is 1.07 bits per heavy atom. The summed E-state index contributed by atoms with van der Waals surface area (Å²) in [5, 5.41) is 8.64. The van der Waals surface area contributed by atoms with Crippen LogP contribution in [0.1, 0.15) is 31.1 Å². The molecule has 0 unspecified atom stereocenters. The van der Waals surface area contributed by atoms with Gasteiger partial charge in [-0.3, -0.25) is 4.98 Å².